The van der Waals surface area contributed by atoms with Crippen molar-refractivity contribution >= 4 is 5.78 Å². The summed E-state index contributed by atoms with van der Waals surface area (Å²) in [5.41, 5.74) is -0.0603. The molecule has 0 radical (unpaired) electrons. The first-order valence-electron chi connectivity index (χ1n) is 6.63. The van der Waals surface area contributed by atoms with E-state index in [1.165, 1.54) is 0 Å². The molecule has 3 heteroatoms. The van der Waals surface area contributed by atoms with Gasteiger partial charge in [0.05, 0.1) is 18.2 Å². The van der Waals surface area contributed by atoms with Crippen LogP contribution in [0.5, 0.6) is 5.75 Å². The Morgan fingerprint density at radius 3 is 2.30 bits per heavy atom. The first kappa shape index (κ1) is 16.2. The average Bonchev–Trinajstić information content (AvgIpc) is 2.46. The third kappa shape index (κ3) is 3.36. The second-order valence-corrected chi connectivity index (χ2v) is 5.07. The second kappa shape index (κ2) is 7.06. The van der Waals surface area contributed by atoms with Crippen molar-refractivity contribution in [1.29, 1.82) is 0 Å². The monoisotopic (exact) mass is 273 g/mol. The molecule has 0 aliphatic heterocycles. The highest BCUT2D eigenvalue weighted by Crippen LogP contribution is 2.26. The lowest BCUT2D eigenvalue weighted by Crippen LogP contribution is -2.50. The van der Waals surface area contributed by atoms with Crippen LogP contribution in [0.1, 0.15) is 24.2 Å². The Morgan fingerprint density at radius 2 is 1.80 bits per heavy atom. The predicted molar refractivity (Wildman–Crippen MR) is 83.4 cm³/mol. The molecular weight excluding hydrogens is 250 g/mol. The van der Waals surface area contributed by atoms with Crippen molar-refractivity contribution < 1.29 is 9.53 Å². The molecule has 0 spiro atoms. The van der Waals surface area contributed by atoms with Crippen LogP contribution >= 0.6 is 0 Å². The molecule has 0 N–H and O–H groups in total. The molecule has 3 nitrogen and oxygen atoms in total. The van der Waals surface area contributed by atoms with Crippen LogP contribution in [0.4, 0.5) is 0 Å². The van der Waals surface area contributed by atoms with E-state index in [1.54, 1.807) is 31.4 Å². The summed E-state index contributed by atoms with van der Waals surface area (Å²) < 4.78 is 5.28. The minimum Gasteiger partial charge on any atom is -0.496 e. The minimum atomic E-state index is -0.656. The van der Waals surface area contributed by atoms with Gasteiger partial charge < -0.3 is 4.74 Å². The molecule has 0 unspecified atom stereocenters. The number of Topliss-reactive ketones (excluding diaryl/α,β-unsaturated/α-hetero) is 1. The summed E-state index contributed by atoms with van der Waals surface area (Å²) in [7, 11) is 1.57. The van der Waals surface area contributed by atoms with Crippen LogP contribution in [0, 0.1) is 0 Å². The van der Waals surface area contributed by atoms with E-state index in [0.29, 0.717) is 24.4 Å². The lowest BCUT2D eigenvalue weighted by molar-refractivity contribution is 0.0696. The van der Waals surface area contributed by atoms with E-state index in [-0.39, 0.29) is 5.78 Å². The Bertz CT molecular complexity index is 482. The highest BCUT2D eigenvalue weighted by molar-refractivity contribution is 6.04. The molecule has 0 aliphatic carbocycles. The van der Waals surface area contributed by atoms with Gasteiger partial charge in [-0.15, -0.1) is 13.2 Å². The van der Waals surface area contributed by atoms with E-state index in [0.717, 1.165) is 0 Å². The lowest BCUT2D eigenvalue weighted by Gasteiger charge is -2.36. The Balaban J connectivity index is 3.14. The number of benzene rings is 1. The fourth-order valence-corrected chi connectivity index (χ4v) is 2.15. The van der Waals surface area contributed by atoms with Gasteiger partial charge in [0, 0.05) is 13.1 Å². The molecule has 0 fully saturated rings. The summed E-state index contributed by atoms with van der Waals surface area (Å²) in [6.45, 7) is 12.6. The standard InChI is InChI=1S/C17H23NO2/c1-6-12-18(13-7-2)17(3,4)16(19)14-10-8-9-11-15(14)20-5/h6-11H,1-2,12-13H2,3-5H3. The van der Waals surface area contributed by atoms with E-state index in [2.05, 4.69) is 13.2 Å². The van der Waals surface area contributed by atoms with E-state index in [1.807, 2.05) is 30.9 Å². The number of carbonyl (C=O) groups is 1. The van der Waals surface area contributed by atoms with Crippen molar-refractivity contribution in [2.45, 2.75) is 19.4 Å². The normalized spacial score (nSPS) is 11.2. The molecule has 0 aliphatic rings. The number of carbonyl (C=O) groups excluding carboxylic acids is 1. The van der Waals surface area contributed by atoms with Crippen LogP contribution in [-0.4, -0.2) is 36.4 Å². The van der Waals surface area contributed by atoms with E-state index >= 15 is 0 Å². The van der Waals surface area contributed by atoms with Crippen molar-refractivity contribution in [3.63, 3.8) is 0 Å². The summed E-state index contributed by atoms with van der Waals surface area (Å²) >= 11 is 0. The molecule has 0 saturated heterocycles. The third-order valence-electron chi connectivity index (χ3n) is 3.40. The molecule has 20 heavy (non-hydrogen) atoms. The van der Waals surface area contributed by atoms with Gasteiger partial charge in [0.1, 0.15) is 5.75 Å². The van der Waals surface area contributed by atoms with E-state index < -0.39 is 5.54 Å². The number of ether oxygens (including phenoxy) is 1. The Hall–Kier alpha value is -1.87. The molecule has 108 valence electrons. The highest BCUT2D eigenvalue weighted by Gasteiger charge is 2.35. The topological polar surface area (TPSA) is 29.5 Å². The quantitative estimate of drug-likeness (QED) is 0.537. The Morgan fingerprint density at radius 1 is 1.25 bits per heavy atom. The van der Waals surface area contributed by atoms with Crippen LogP contribution in [0.3, 0.4) is 0 Å². The molecule has 1 rings (SSSR count). The van der Waals surface area contributed by atoms with Crippen LogP contribution in [0.2, 0.25) is 0 Å². The van der Waals surface area contributed by atoms with Crippen LogP contribution in [0.15, 0.2) is 49.6 Å². The smallest absolute Gasteiger partial charge is 0.186 e. The Labute approximate surface area is 121 Å². The summed E-state index contributed by atoms with van der Waals surface area (Å²) in [5, 5.41) is 0. The van der Waals surface area contributed by atoms with Crippen LogP contribution in [0.25, 0.3) is 0 Å². The Kier molecular flexibility index (Phi) is 5.71. The molecule has 0 aromatic heterocycles. The SMILES string of the molecule is C=CCN(CC=C)C(C)(C)C(=O)c1ccccc1OC. The van der Waals surface area contributed by atoms with Crippen molar-refractivity contribution in [3.05, 3.63) is 55.1 Å². The maximum Gasteiger partial charge on any atom is 0.186 e. The van der Waals surface area contributed by atoms with Gasteiger partial charge in [-0.3, -0.25) is 9.69 Å². The number of hydrogen-bond donors (Lipinski definition) is 0. The van der Waals surface area contributed by atoms with Crippen molar-refractivity contribution in [3.8, 4) is 5.75 Å². The number of hydrogen-bond acceptors (Lipinski definition) is 3. The molecule has 0 amide bonds. The zero-order chi connectivity index (χ0) is 15.2. The van der Waals surface area contributed by atoms with Crippen LogP contribution in [-0.2, 0) is 0 Å². The van der Waals surface area contributed by atoms with E-state index in [4.69, 9.17) is 4.74 Å². The number of nitrogens with zero attached hydrogens (tertiary/aromatic N) is 1. The number of methoxy groups -OCH3 is 1. The van der Waals surface area contributed by atoms with Gasteiger partial charge in [-0.1, -0.05) is 24.3 Å². The van der Waals surface area contributed by atoms with Gasteiger partial charge in [0.2, 0.25) is 0 Å². The van der Waals surface area contributed by atoms with Gasteiger partial charge in [-0.05, 0) is 26.0 Å². The zero-order valence-electron chi connectivity index (χ0n) is 12.6. The fraction of sp³-hybridized carbons (Fsp3) is 0.353. The predicted octanol–water partition coefficient (Wildman–Crippen LogP) is 3.33. The summed E-state index contributed by atoms with van der Waals surface area (Å²) in [6.07, 6.45) is 3.58. The molecule has 0 saturated carbocycles. The zero-order valence-corrected chi connectivity index (χ0v) is 12.6. The first-order chi connectivity index (χ1) is 9.48. The second-order valence-electron chi connectivity index (χ2n) is 5.07. The number of rotatable bonds is 8. The molecule has 0 atom stereocenters. The van der Waals surface area contributed by atoms with Crippen molar-refractivity contribution in [2.75, 3.05) is 20.2 Å². The largest absolute Gasteiger partial charge is 0.496 e. The molecule has 0 heterocycles. The van der Waals surface area contributed by atoms with Gasteiger partial charge in [0.15, 0.2) is 5.78 Å². The molecule has 0 bridgehead atoms. The van der Waals surface area contributed by atoms with Crippen molar-refractivity contribution in [2.24, 2.45) is 0 Å². The fourth-order valence-electron chi connectivity index (χ4n) is 2.15. The van der Waals surface area contributed by atoms with Crippen LogP contribution < -0.4 is 4.74 Å². The number of para-hydroxylation sites is 1. The summed E-state index contributed by atoms with van der Waals surface area (Å²) in [4.78, 5) is 14.9. The average molecular weight is 273 g/mol. The van der Waals surface area contributed by atoms with Crippen molar-refractivity contribution in [1.82, 2.24) is 4.90 Å². The third-order valence-corrected chi connectivity index (χ3v) is 3.40. The molecule has 1 aromatic rings. The van der Waals surface area contributed by atoms with E-state index in [9.17, 15) is 4.79 Å². The maximum atomic E-state index is 12.8. The number of ketones is 1. The minimum absolute atomic E-state index is 0.0265. The molecule has 1 aromatic carbocycles. The van der Waals surface area contributed by atoms with Gasteiger partial charge in [-0.25, -0.2) is 0 Å². The van der Waals surface area contributed by atoms with Gasteiger partial charge in [-0.2, -0.15) is 0 Å². The summed E-state index contributed by atoms with van der Waals surface area (Å²) in [5.74, 6) is 0.626. The molecular formula is C17H23NO2. The van der Waals surface area contributed by atoms with Gasteiger partial charge >= 0.3 is 0 Å². The maximum absolute atomic E-state index is 12.8. The first-order valence-corrected chi connectivity index (χ1v) is 6.63. The highest BCUT2D eigenvalue weighted by atomic mass is 16.5. The summed E-state index contributed by atoms with van der Waals surface area (Å²) in [6, 6.07) is 7.29. The van der Waals surface area contributed by atoms with Gasteiger partial charge in [0.25, 0.3) is 0 Å². The lowest BCUT2D eigenvalue weighted by atomic mass is 9.90.